The average molecular weight is 527 g/mol. The predicted molar refractivity (Wildman–Crippen MR) is 130 cm³/mol. The van der Waals surface area contributed by atoms with Gasteiger partial charge in [0.2, 0.25) is 0 Å². The van der Waals surface area contributed by atoms with Crippen molar-refractivity contribution in [1.29, 1.82) is 0 Å². The number of halogens is 1. The van der Waals surface area contributed by atoms with Crippen LogP contribution in [0, 0.1) is 5.92 Å². The average Bonchev–Trinajstić information content (AvgIpc) is 2.95. The third-order valence-electron chi connectivity index (χ3n) is 4.32. The highest BCUT2D eigenvalue weighted by Crippen LogP contribution is 2.29. The molecule has 1 saturated heterocycles. The Morgan fingerprint density at radius 2 is 2.11 bits per heavy atom. The highest BCUT2D eigenvalue weighted by molar-refractivity contribution is 14.0. The van der Waals surface area contributed by atoms with Crippen LogP contribution in [0.25, 0.3) is 0 Å². The lowest BCUT2D eigenvalue weighted by Gasteiger charge is -2.39. The molecular weight excluding hydrogens is 491 g/mol. The number of hydrogen-bond acceptors (Lipinski definition) is 5. The first-order valence-corrected chi connectivity index (χ1v) is 11.6. The molecule has 156 valence electrons. The second-order valence-electron chi connectivity index (χ2n) is 7.71. The van der Waals surface area contributed by atoms with E-state index in [4.69, 9.17) is 0 Å². The first kappa shape index (κ1) is 24.9. The van der Waals surface area contributed by atoms with Gasteiger partial charge in [-0.25, -0.2) is 0 Å². The van der Waals surface area contributed by atoms with E-state index in [0.717, 1.165) is 61.7 Å². The Balaban J connectivity index is 0.00000364. The van der Waals surface area contributed by atoms with Gasteiger partial charge in [0.15, 0.2) is 11.1 Å². The molecule has 1 N–H and O–H groups in total. The summed E-state index contributed by atoms with van der Waals surface area (Å²) in [5.41, 5.74) is 0. The van der Waals surface area contributed by atoms with Gasteiger partial charge in [0, 0.05) is 50.1 Å². The standard InChI is InChI=1S/C18H34N6S2.HI/c1-14(2)12-24-15(21-22-17(24)25-6)8-7-9-20-16(19-5)23-10-11-26-18(3,4)13-23;/h14H,7-13H2,1-6H3,(H,19,20);1H. The minimum Gasteiger partial charge on any atom is -0.356 e. The monoisotopic (exact) mass is 526 g/mol. The van der Waals surface area contributed by atoms with Crippen LogP contribution in [0.1, 0.15) is 39.9 Å². The van der Waals surface area contributed by atoms with Crippen molar-refractivity contribution in [1.82, 2.24) is 25.0 Å². The van der Waals surface area contributed by atoms with Gasteiger partial charge in [-0.15, -0.1) is 34.2 Å². The highest BCUT2D eigenvalue weighted by atomic mass is 127. The summed E-state index contributed by atoms with van der Waals surface area (Å²) in [6.07, 6.45) is 4.02. The van der Waals surface area contributed by atoms with Crippen molar-refractivity contribution in [2.24, 2.45) is 10.9 Å². The van der Waals surface area contributed by atoms with E-state index in [1.165, 1.54) is 0 Å². The molecule has 0 bridgehead atoms. The number of nitrogens with one attached hydrogen (secondary N) is 1. The van der Waals surface area contributed by atoms with Crippen LogP contribution in [0.4, 0.5) is 0 Å². The molecule has 0 aliphatic carbocycles. The number of rotatable bonds is 7. The molecule has 0 amide bonds. The van der Waals surface area contributed by atoms with Crippen molar-refractivity contribution in [2.75, 3.05) is 38.7 Å². The van der Waals surface area contributed by atoms with Crippen LogP contribution in [0.15, 0.2) is 10.1 Å². The number of thioether (sulfide) groups is 2. The van der Waals surface area contributed by atoms with Gasteiger partial charge in [0.05, 0.1) is 0 Å². The largest absolute Gasteiger partial charge is 0.356 e. The van der Waals surface area contributed by atoms with Crippen molar-refractivity contribution < 1.29 is 0 Å². The lowest BCUT2D eigenvalue weighted by molar-refractivity contribution is 0.375. The quantitative estimate of drug-likeness (QED) is 0.193. The van der Waals surface area contributed by atoms with Crippen LogP contribution in [0.3, 0.4) is 0 Å². The maximum absolute atomic E-state index is 4.48. The summed E-state index contributed by atoms with van der Waals surface area (Å²) in [7, 11) is 1.88. The smallest absolute Gasteiger partial charge is 0.193 e. The third-order valence-corrected chi connectivity index (χ3v) is 6.29. The van der Waals surface area contributed by atoms with E-state index in [9.17, 15) is 0 Å². The number of nitrogens with zero attached hydrogens (tertiary/aromatic N) is 5. The Hall–Kier alpha value is -0.160. The highest BCUT2D eigenvalue weighted by Gasteiger charge is 2.28. The maximum atomic E-state index is 4.48. The first-order valence-electron chi connectivity index (χ1n) is 9.42. The summed E-state index contributed by atoms with van der Waals surface area (Å²) in [4.78, 5) is 6.86. The summed E-state index contributed by atoms with van der Waals surface area (Å²) in [6, 6.07) is 0. The molecule has 1 aromatic rings. The first-order chi connectivity index (χ1) is 12.4. The Morgan fingerprint density at radius 1 is 1.37 bits per heavy atom. The molecule has 2 heterocycles. The fraction of sp³-hybridized carbons (Fsp3) is 0.833. The predicted octanol–water partition coefficient (Wildman–Crippen LogP) is 3.61. The molecular formula is C18H35IN6S2. The molecule has 27 heavy (non-hydrogen) atoms. The summed E-state index contributed by atoms with van der Waals surface area (Å²) in [5.74, 6) is 3.86. The molecule has 1 aliphatic heterocycles. The number of guanidine groups is 1. The van der Waals surface area contributed by atoms with E-state index in [1.807, 2.05) is 18.8 Å². The molecule has 0 spiro atoms. The zero-order valence-electron chi connectivity index (χ0n) is 17.5. The van der Waals surface area contributed by atoms with Crippen LogP contribution in [-0.4, -0.2) is 69.1 Å². The molecule has 9 heteroatoms. The van der Waals surface area contributed by atoms with Crippen LogP contribution < -0.4 is 5.32 Å². The number of aliphatic imine (C=N–C) groups is 1. The van der Waals surface area contributed by atoms with Crippen LogP contribution in [0.2, 0.25) is 0 Å². The van der Waals surface area contributed by atoms with Crippen molar-refractivity contribution in [2.45, 2.75) is 57.0 Å². The van der Waals surface area contributed by atoms with E-state index >= 15 is 0 Å². The molecule has 2 rings (SSSR count). The van der Waals surface area contributed by atoms with Gasteiger partial charge in [-0.1, -0.05) is 25.6 Å². The normalized spacial score (nSPS) is 17.1. The lowest BCUT2D eigenvalue weighted by Crippen LogP contribution is -2.51. The van der Waals surface area contributed by atoms with Crippen molar-refractivity contribution in [3.05, 3.63) is 5.82 Å². The van der Waals surface area contributed by atoms with Gasteiger partial charge in [0.1, 0.15) is 5.82 Å². The minimum absolute atomic E-state index is 0. The number of aryl methyl sites for hydroxylation is 1. The molecule has 0 radical (unpaired) electrons. The summed E-state index contributed by atoms with van der Waals surface area (Å²) in [5, 5.41) is 13.3. The molecule has 0 aromatic carbocycles. The van der Waals surface area contributed by atoms with Gasteiger partial charge in [0.25, 0.3) is 0 Å². The van der Waals surface area contributed by atoms with Crippen LogP contribution in [0.5, 0.6) is 0 Å². The Bertz CT molecular complexity index is 603. The van der Waals surface area contributed by atoms with Gasteiger partial charge in [-0.2, -0.15) is 11.8 Å². The molecule has 1 fully saturated rings. The van der Waals surface area contributed by atoms with Crippen molar-refractivity contribution in [3.63, 3.8) is 0 Å². The topological polar surface area (TPSA) is 58.3 Å². The summed E-state index contributed by atoms with van der Waals surface area (Å²) >= 11 is 3.71. The van der Waals surface area contributed by atoms with Gasteiger partial charge < -0.3 is 14.8 Å². The van der Waals surface area contributed by atoms with E-state index in [1.54, 1.807) is 11.8 Å². The van der Waals surface area contributed by atoms with Gasteiger partial charge in [-0.3, -0.25) is 4.99 Å². The van der Waals surface area contributed by atoms with Crippen molar-refractivity contribution >= 4 is 53.5 Å². The van der Waals surface area contributed by atoms with Crippen LogP contribution in [-0.2, 0) is 13.0 Å². The second kappa shape index (κ2) is 11.7. The fourth-order valence-electron chi connectivity index (χ4n) is 3.18. The summed E-state index contributed by atoms with van der Waals surface area (Å²) in [6.45, 7) is 13.1. The number of aromatic nitrogens is 3. The van der Waals surface area contributed by atoms with E-state index < -0.39 is 0 Å². The molecule has 0 unspecified atom stereocenters. The zero-order chi connectivity index (χ0) is 19.2. The van der Waals surface area contributed by atoms with E-state index in [2.05, 4.69) is 63.9 Å². The maximum Gasteiger partial charge on any atom is 0.193 e. The zero-order valence-corrected chi connectivity index (χ0v) is 21.5. The minimum atomic E-state index is 0. The van der Waals surface area contributed by atoms with Crippen LogP contribution >= 0.6 is 47.5 Å². The van der Waals surface area contributed by atoms with E-state index in [-0.39, 0.29) is 28.7 Å². The van der Waals surface area contributed by atoms with E-state index in [0.29, 0.717) is 5.92 Å². The Morgan fingerprint density at radius 3 is 2.70 bits per heavy atom. The lowest BCUT2D eigenvalue weighted by atomic mass is 10.2. The van der Waals surface area contributed by atoms with Crippen molar-refractivity contribution in [3.8, 4) is 0 Å². The molecule has 6 nitrogen and oxygen atoms in total. The molecule has 0 saturated carbocycles. The molecule has 1 aromatic heterocycles. The van der Waals surface area contributed by atoms with Gasteiger partial charge in [-0.05, 0) is 32.4 Å². The second-order valence-corrected chi connectivity index (χ2v) is 10.3. The SMILES string of the molecule is CN=C(NCCCc1nnc(SC)n1CC(C)C)N1CCSC(C)(C)C1.I. The Kier molecular flexibility index (Phi) is 10.8. The number of hydrogen-bond donors (Lipinski definition) is 1. The fourth-order valence-corrected chi connectivity index (χ4v) is 4.81. The molecule has 0 atom stereocenters. The Labute approximate surface area is 190 Å². The van der Waals surface area contributed by atoms with Gasteiger partial charge >= 0.3 is 0 Å². The molecule has 1 aliphatic rings. The summed E-state index contributed by atoms with van der Waals surface area (Å²) < 4.78 is 2.56. The third kappa shape index (κ3) is 7.64.